The summed E-state index contributed by atoms with van der Waals surface area (Å²) in [5.74, 6) is -0.312. The van der Waals surface area contributed by atoms with Gasteiger partial charge in [0.1, 0.15) is 5.75 Å². The minimum absolute atomic E-state index is 0.453. The number of hydrogen-bond acceptors (Lipinski definition) is 3. The summed E-state index contributed by atoms with van der Waals surface area (Å²) in [5, 5.41) is 0.538. The summed E-state index contributed by atoms with van der Waals surface area (Å²) < 4.78 is 5.05. The van der Waals surface area contributed by atoms with Crippen molar-refractivity contribution in [3.05, 3.63) is 28.8 Å². The first-order valence-corrected chi connectivity index (χ1v) is 5.92. The van der Waals surface area contributed by atoms with Gasteiger partial charge in [-0.05, 0) is 24.1 Å². The predicted octanol–water partition coefficient (Wildman–Crippen LogP) is 1.94. The van der Waals surface area contributed by atoms with Gasteiger partial charge in [-0.25, -0.2) is 0 Å². The molecule has 4 nitrogen and oxygen atoms in total. The Morgan fingerprint density at radius 1 is 1.39 bits per heavy atom. The molecule has 0 saturated carbocycles. The molecule has 0 N–H and O–H groups in total. The SMILES string of the molecule is COc1ccc(CCN(C)C(=O)C(C)=O)cc1Cl. The molecule has 0 saturated heterocycles. The number of Topliss-reactive ketones (excluding diaryl/α,β-unsaturated/α-hetero) is 1. The molecule has 0 radical (unpaired) electrons. The van der Waals surface area contributed by atoms with Crippen molar-refractivity contribution in [2.45, 2.75) is 13.3 Å². The quantitative estimate of drug-likeness (QED) is 0.768. The third kappa shape index (κ3) is 3.74. The molecule has 18 heavy (non-hydrogen) atoms. The van der Waals surface area contributed by atoms with Gasteiger partial charge in [-0.3, -0.25) is 9.59 Å². The van der Waals surface area contributed by atoms with E-state index in [0.29, 0.717) is 23.7 Å². The van der Waals surface area contributed by atoms with Gasteiger partial charge < -0.3 is 9.64 Å². The first kappa shape index (κ1) is 14.5. The predicted molar refractivity (Wildman–Crippen MR) is 70.0 cm³/mol. The van der Waals surface area contributed by atoms with Crippen LogP contribution in [0.15, 0.2) is 18.2 Å². The fourth-order valence-corrected chi connectivity index (χ4v) is 1.81. The minimum atomic E-state index is -0.477. The Morgan fingerprint density at radius 3 is 2.56 bits per heavy atom. The Balaban J connectivity index is 2.61. The molecular formula is C13H16ClNO3. The monoisotopic (exact) mass is 269 g/mol. The van der Waals surface area contributed by atoms with Crippen molar-refractivity contribution >= 4 is 23.3 Å². The summed E-state index contributed by atoms with van der Waals surface area (Å²) in [7, 11) is 3.16. The zero-order chi connectivity index (χ0) is 13.7. The highest BCUT2D eigenvalue weighted by atomic mass is 35.5. The Labute approximate surface area is 111 Å². The van der Waals surface area contributed by atoms with Gasteiger partial charge >= 0.3 is 0 Å². The molecule has 0 heterocycles. The molecule has 0 aromatic heterocycles. The lowest BCUT2D eigenvalue weighted by molar-refractivity contribution is -0.142. The van der Waals surface area contributed by atoms with Crippen molar-refractivity contribution < 1.29 is 14.3 Å². The number of methoxy groups -OCH3 is 1. The van der Waals surface area contributed by atoms with E-state index >= 15 is 0 Å². The summed E-state index contributed by atoms with van der Waals surface area (Å²) >= 11 is 6.00. The molecule has 1 aromatic carbocycles. The van der Waals surface area contributed by atoms with E-state index in [2.05, 4.69) is 0 Å². The largest absolute Gasteiger partial charge is 0.495 e. The maximum atomic E-state index is 11.4. The molecule has 0 spiro atoms. The second-order valence-corrected chi connectivity index (χ2v) is 4.41. The zero-order valence-corrected chi connectivity index (χ0v) is 11.5. The van der Waals surface area contributed by atoms with Gasteiger partial charge in [0.05, 0.1) is 12.1 Å². The summed E-state index contributed by atoms with van der Waals surface area (Å²) in [6.45, 7) is 1.74. The Bertz CT molecular complexity index is 460. The van der Waals surface area contributed by atoms with Crippen LogP contribution in [0.2, 0.25) is 5.02 Å². The summed E-state index contributed by atoms with van der Waals surface area (Å²) in [5.41, 5.74) is 0.990. The molecule has 98 valence electrons. The van der Waals surface area contributed by atoms with Gasteiger partial charge in [0, 0.05) is 20.5 Å². The smallest absolute Gasteiger partial charge is 0.289 e. The van der Waals surface area contributed by atoms with Gasteiger partial charge in [0.2, 0.25) is 5.78 Å². The topological polar surface area (TPSA) is 46.6 Å². The third-order valence-electron chi connectivity index (χ3n) is 2.60. The number of carbonyl (C=O) groups is 2. The second-order valence-electron chi connectivity index (χ2n) is 4.00. The Hall–Kier alpha value is -1.55. The molecule has 0 aliphatic carbocycles. The lowest BCUT2D eigenvalue weighted by Crippen LogP contribution is -2.33. The van der Waals surface area contributed by atoms with E-state index < -0.39 is 11.7 Å². The van der Waals surface area contributed by atoms with Crippen molar-refractivity contribution in [2.75, 3.05) is 20.7 Å². The van der Waals surface area contributed by atoms with Crippen LogP contribution in [0, 0.1) is 0 Å². The molecule has 1 amide bonds. The minimum Gasteiger partial charge on any atom is -0.495 e. The molecule has 5 heteroatoms. The van der Waals surface area contributed by atoms with Crippen molar-refractivity contribution in [3.63, 3.8) is 0 Å². The molecule has 1 aromatic rings. The zero-order valence-electron chi connectivity index (χ0n) is 10.7. The van der Waals surface area contributed by atoms with E-state index in [1.165, 1.54) is 11.8 Å². The first-order valence-electron chi connectivity index (χ1n) is 5.54. The summed E-state index contributed by atoms with van der Waals surface area (Å²) in [6.07, 6.45) is 0.638. The number of ether oxygens (including phenoxy) is 1. The van der Waals surface area contributed by atoms with Crippen LogP contribution in [0.25, 0.3) is 0 Å². The van der Waals surface area contributed by atoms with Crippen molar-refractivity contribution in [1.82, 2.24) is 4.90 Å². The number of likely N-dealkylation sites (N-methyl/N-ethyl adjacent to an activating group) is 1. The number of halogens is 1. The number of rotatable bonds is 5. The van der Waals surface area contributed by atoms with Crippen LogP contribution >= 0.6 is 11.6 Å². The van der Waals surface area contributed by atoms with E-state index in [-0.39, 0.29) is 0 Å². The second kappa shape index (κ2) is 6.40. The van der Waals surface area contributed by atoms with Gasteiger partial charge in [-0.15, -0.1) is 0 Å². The first-order chi connectivity index (χ1) is 8.45. The number of ketones is 1. The van der Waals surface area contributed by atoms with Crippen LogP contribution in [0.1, 0.15) is 12.5 Å². The molecule has 0 bridgehead atoms. The van der Waals surface area contributed by atoms with Crippen molar-refractivity contribution in [2.24, 2.45) is 0 Å². The fourth-order valence-electron chi connectivity index (χ4n) is 1.53. The van der Waals surface area contributed by atoms with Crippen LogP contribution in [-0.2, 0) is 16.0 Å². The van der Waals surface area contributed by atoms with Crippen molar-refractivity contribution in [1.29, 1.82) is 0 Å². The maximum absolute atomic E-state index is 11.4. The van der Waals surface area contributed by atoms with Crippen LogP contribution < -0.4 is 4.74 Å². The van der Waals surface area contributed by atoms with Gasteiger partial charge in [-0.1, -0.05) is 17.7 Å². The summed E-state index contributed by atoms with van der Waals surface area (Å²) in [6, 6.07) is 5.47. The molecule has 0 aliphatic rings. The average molecular weight is 270 g/mol. The number of benzene rings is 1. The van der Waals surface area contributed by atoms with Gasteiger partial charge in [-0.2, -0.15) is 0 Å². The van der Waals surface area contributed by atoms with E-state index in [9.17, 15) is 9.59 Å². The number of amides is 1. The van der Waals surface area contributed by atoms with E-state index in [1.54, 1.807) is 26.3 Å². The highest BCUT2D eigenvalue weighted by Crippen LogP contribution is 2.25. The lowest BCUT2D eigenvalue weighted by Gasteiger charge is -2.15. The standard InChI is InChI=1S/C13H16ClNO3/c1-9(16)13(17)15(2)7-6-10-4-5-12(18-3)11(14)8-10/h4-5,8H,6-7H2,1-3H3. The highest BCUT2D eigenvalue weighted by Gasteiger charge is 2.13. The fraction of sp³-hybridized carbons (Fsp3) is 0.385. The van der Waals surface area contributed by atoms with Crippen LogP contribution in [0.5, 0.6) is 5.75 Å². The molecule has 0 atom stereocenters. The molecule has 1 rings (SSSR count). The van der Waals surface area contributed by atoms with Crippen molar-refractivity contribution in [3.8, 4) is 5.75 Å². The Kier molecular flexibility index (Phi) is 5.16. The summed E-state index contributed by atoms with van der Waals surface area (Å²) in [4.78, 5) is 23.7. The molecule has 0 fully saturated rings. The van der Waals surface area contributed by atoms with Crippen LogP contribution in [-0.4, -0.2) is 37.3 Å². The van der Waals surface area contributed by atoms with Gasteiger partial charge in [0.15, 0.2) is 0 Å². The molecule has 0 unspecified atom stereocenters. The molecule has 0 aliphatic heterocycles. The van der Waals surface area contributed by atoms with E-state index in [4.69, 9.17) is 16.3 Å². The van der Waals surface area contributed by atoms with E-state index in [1.807, 2.05) is 6.07 Å². The van der Waals surface area contributed by atoms with E-state index in [0.717, 1.165) is 5.56 Å². The maximum Gasteiger partial charge on any atom is 0.289 e. The van der Waals surface area contributed by atoms with Crippen LogP contribution in [0.3, 0.4) is 0 Å². The number of carbonyl (C=O) groups excluding carboxylic acids is 2. The van der Waals surface area contributed by atoms with Crippen LogP contribution in [0.4, 0.5) is 0 Å². The third-order valence-corrected chi connectivity index (χ3v) is 2.90. The lowest BCUT2D eigenvalue weighted by atomic mass is 10.1. The molecular weight excluding hydrogens is 254 g/mol. The Morgan fingerprint density at radius 2 is 2.06 bits per heavy atom. The average Bonchev–Trinajstić information content (AvgIpc) is 2.35. The van der Waals surface area contributed by atoms with Gasteiger partial charge in [0.25, 0.3) is 5.91 Å². The normalized spacial score (nSPS) is 10.0. The number of nitrogens with zero attached hydrogens (tertiary/aromatic N) is 1. The highest BCUT2D eigenvalue weighted by molar-refractivity contribution is 6.35. The number of hydrogen-bond donors (Lipinski definition) is 0.